The Morgan fingerprint density at radius 2 is 2.04 bits per heavy atom. The lowest BCUT2D eigenvalue weighted by atomic mass is 10.3. The summed E-state index contributed by atoms with van der Waals surface area (Å²) in [5.41, 5.74) is 5.67. The largest absolute Gasteiger partial charge is 0.573 e. The number of anilines is 1. The van der Waals surface area contributed by atoms with Gasteiger partial charge < -0.3 is 21.1 Å². The van der Waals surface area contributed by atoms with Crippen molar-refractivity contribution in [2.75, 3.05) is 18.4 Å². The first-order valence-electron chi connectivity index (χ1n) is 7.04. The molecule has 0 heterocycles. The third-order valence-corrected chi connectivity index (χ3v) is 3.02. The number of hydrogen-bond acceptors (Lipinski definition) is 3. The van der Waals surface area contributed by atoms with Crippen molar-refractivity contribution in [1.29, 1.82) is 0 Å². The van der Waals surface area contributed by atoms with Gasteiger partial charge in [-0.05, 0) is 25.0 Å². The number of nitrogens with two attached hydrogens (primary N) is 1. The third-order valence-electron chi connectivity index (χ3n) is 3.02. The number of ether oxygens (including phenoxy) is 1. The van der Waals surface area contributed by atoms with E-state index in [-0.39, 0.29) is 30.0 Å². The number of nitrogens with one attached hydrogen (secondary N) is 2. The van der Waals surface area contributed by atoms with E-state index in [1.54, 1.807) is 0 Å². The lowest BCUT2D eigenvalue weighted by Gasteiger charge is -2.14. The summed E-state index contributed by atoms with van der Waals surface area (Å²) < 4.78 is 40.8. The first-order valence-corrected chi connectivity index (χ1v) is 7.04. The minimum Gasteiger partial charge on any atom is -0.404 e. The molecule has 0 saturated heterocycles. The summed E-state index contributed by atoms with van der Waals surface area (Å²) in [5.74, 6) is -0.361. The number of guanidine groups is 1. The third kappa shape index (κ3) is 6.05. The van der Waals surface area contributed by atoms with Crippen LogP contribution in [-0.4, -0.2) is 31.3 Å². The number of aliphatic imine (C=N–C) groups is 1. The highest BCUT2D eigenvalue weighted by molar-refractivity contribution is 5.93. The van der Waals surface area contributed by atoms with Crippen LogP contribution in [0.5, 0.6) is 5.75 Å². The van der Waals surface area contributed by atoms with E-state index in [0.717, 1.165) is 12.8 Å². The normalized spacial score (nSPS) is 15.2. The molecule has 1 aliphatic rings. The Morgan fingerprint density at radius 1 is 1.35 bits per heavy atom. The van der Waals surface area contributed by atoms with Gasteiger partial charge in [-0.15, -0.1) is 13.2 Å². The van der Waals surface area contributed by atoms with E-state index in [2.05, 4.69) is 20.4 Å². The van der Waals surface area contributed by atoms with Gasteiger partial charge in [-0.2, -0.15) is 0 Å². The smallest absolute Gasteiger partial charge is 0.404 e. The van der Waals surface area contributed by atoms with E-state index >= 15 is 0 Å². The molecule has 0 aliphatic heterocycles. The van der Waals surface area contributed by atoms with Crippen LogP contribution in [0.25, 0.3) is 0 Å². The predicted octanol–water partition coefficient (Wildman–Crippen LogP) is 1.84. The highest BCUT2D eigenvalue weighted by atomic mass is 19.4. The van der Waals surface area contributed by atoms with Crippen LogP contribution in [0, 0.1) is 5.92 Å². The number of hydrogen-bond donors (Lipinski definition) is 3. The summed E-state index contributed by atoms with van der Waals surface area (Å²) in [4.78, 5) is 15.3. The van der Waals surface area contributed by atoms with E-state index in [4.69, 9.17) is 5.73 Å². The molecule has 0 bridgehead atoms. The van der Waals surface area contributed by atoms with Crippen molar-refractivity contribution in [2.45, 2.75) is 19.2 Å². The second-order valence-electron chi connectivity index (χ2n) is 5.00. The van der Waals surface area contributed by atoms with Gasteiger partial charge in [-0.3, -0.25) is 9.79 Å². The van der Waals surface area contributed by atoms with Gasteiger partial charge in [0.15, 0.2) is 11.7 Å². The molecular weight excluding hydrogens is 313 g/mol. The number of rotatable bonds is 6. The SMILES string of the molecule is NC(=NCCNC(=O)C1CC1)Nc1ccccc1OC(F)(F)F. The van der Waals surface area contributed by atoms with Crippen molar-refractivity contribution in [3.05, 3.63) is 24.3 Å². The first-order chi connectivity index (χ1) is 10.8. The molecule has 0 unspecified atom stereocenters. The second kappa shape index (κ2) is 7.21. The molecule has 4 N–H and O–H groups in total. The van der Waals surface area contributed by atoms with E-state index in [0.29, 0.717) is 6.54 Å². The van der Waals surface area contributed by atoms with Crippen LogP contribution < -0.4 is 21.1 Å². The van der Waals surface area contributed by atoms with Crippen LogP contribution in [0.1, 0.15) is 12.8 Å². The molecule has 1 amide bonds. The Bertz CT molecular complexity index is 586. The van der Waals surface area contributed by atoms with Crippen LogP contribution in [-0.2, 0) is 4.79 Å². The Hall–Kier alpha value is -2.45. The summed E-state index contributed by atoms with van der Waals surface area (Å²) in [6, 6.07) is 5.50. The summed E-state index contributed by atoms with van der Waals surface area (Å²) in [6.07, 6.45) is -2.97. The maximum absolute atomic E-state index is 12.3. The standard InChI is InChI=1S/C14H17F3N4O2/c15-14(16,17)23-11-4-2-1-3-10(11)21-13(18)20-8-7-19-12(22)9-5-6-9/h1-4,9H,5-8H2,(H,19,22)(H3,18,20,21). The van der Waals surface area contributed by atoms with Crippen molar-refractivity contribution in [3.63, 3.8) is 0 Å². The van der Waals surface area contributed by atoms with E-state index in [1.807, 2.05) is 0 Å². The number of carbonyl (C=O) groups is 1. The van der Waals surface area contributed by atoms with Crippen LogP contribution in [0.2, 0.25) is 0 Å². The molecule has 1 aromatic carbocycles. The van der Waals surface area contributed by atoms with Gasteiger partial charge >= 0.3 is 6.36 Å². The summed E-state index contributed by atoms with van der Waals surface area (Å²) in [5, 5.41) is 5.25. The fourth-order valence-corrected chi connectivity index (χ4v) is 1.81. The fraction of sp³-hybridized carbons (Fsp3) is 0.429. The predicted molar refractivity (Wildman–Crippen MR) is 79.0 cm³/mol. The van der Waals surface area contributed by atoms with Crippen LogP contribution in [0.15, 0.2) is 29.3 Å². The number of nitrogens with zero attached hydrogens (tertiary/aromatic N) is 1. The quantitative estimate of drug-likeness (QED) is 0.422. The van der Waals surface area contributed by atoms with Crippen LogP contribution in [0.4, 0.5) is 18.9 Å². The maximum Gasteiger partial charge on any atom is 0.573 e. The average Bonchev–Trinajstić information content (AvgIpc) is 3.28. The molecule has 0 radical (unpaired) electrons. The van der Waals surface area contributed by atoms with Gasteiger partial charge in [0.2, 0.25) is 5.91 Å². The molecule has 1 aromatic rings. The van der Waals surface area contributed by atoms with Crippen molar-refractivity contribution in [1.82, 2.24) is 5.32 Å². The van der Waals surface area contributed by atoms with Crippen LogP contribution >= 0.6 is 0 Å². The van der Waals surface area contributed by atoms with Crippen LogP contribution in [0.3, 0.4) is 0 Å². The van der Waals surface area contributed by atoms with Gasteiger partial charge in [-0.1, -0.05) is 12.1 Å². The molecule has 9 heteroatoms. The minimum absolute atomic E-state index is 0.00402. The lowest BCUT2D eigenvalue weighted by Crippen LogP contribution is -2.29. The topological polar surface area (TPSA) is 88.7 Å². The fourth-order valence-electron chi connectivity index (χ4n) is 1.81. The molecule has 126 valence electrons. The molecule has 0 spiro atoms. The zero-order valence-corrected chi connectivity index (χ0v) is 12.2. The Labute approximate surface area is 130 Å². The van der Waals surface area contributed by atoms with Gasteiger partial charge in [0.1, 0.15) is 0 Å². The number of benzene rings is 1. The highest BCUT2D eigenvalue weighted by Gasteiger charge is 2.32. The summed E-state index contributed by atoms with van der Waals surface area (Å²) >= 11 is 0. The van der Waals surface area contributed by atoms with E-state index in [9.17, 15) is 18.0 Å². The van der Waals surface area contributed by atoms with Crippen molar-refractivity contribution in [2.24, 2.45) is 16.6 Å². The number of amides is 1. The summed E-state index contributed by atoms with van der Waals surface area (Å²) in [6.45, 7) is 0.540. The monoisotopic (exact) mass is 330 g/mol. The van der Waals surface area contributed by atoms with Gasteiger partial charge in [-0.25, -0.2) is 0 Å². The zero-order valence-electron chi connectivity index (χ0n) is 12.2. The average molecular weight is 330 g/mol. The zero-order chi connectivity index (χ0) is 16.9. The molecule has 1 aliphatic carbocycles. The number of para-hydroxylation sites is 2. The maximum atomic E-state index is 12.3. The second-order valence-corrected chi connectivity index (χ2v) is 5.00. The summed E-state index contributed by atoms with van der Waals surface area (Å²) in [7, 11) is 0. The Morgan fingerprint density at radius 3 is 2.70 bits per heavy atom. The molecule has 6 nitrogen and oxygen atoms in total. The first kappa shape index (κ1) is 16.9. The molecule has 1 fully saturated rings. The van der Waals surface area contributed by atoms with Gasteiger partial charge in [0.25, 0.3) is 0 Å². The Kier molecular flexibility index (Phi) is 5.30. The minimum atomic E-state index is -4.79. The molecule has 0 aromatic heterocycles. The van der Waals surface area contributed by atoms with Gasteiger partial charge in [0, 0.05) is 12.5 Å². The highest BCUT2D eigenvalue weighted by Crippen LogP contribution is 2.30. The molecule has 1 saturated carbocycles. The number of halogens is 3. The van der Waals surface area contributed by atoms with Crippen molar-refractivity contribution < 1.29 is 22.7 Å². The Balaban J connectivity index is 1.85. The van der Waals surface area contributed by atoms with E-state index < -0.39 is 12.1 Å². The van der Waals surface area contributed by atoms with Crippen molar-refractivity contribution in [3.8, 4) is 5.75 Å². The molecule has 23 heavy (non-hydrogen) atoms. The molecule has 0 atom stereocenters. The van der Waals surface area contributed by atoms with Gasteiger partial charge in [0.05, 0.1) is 12.2 Å². The lowest BCUT2D eigenvalue weighted by molar-refractivity contribution is -0.274. The molecular formula is C14H17F3N4O2. The van der Waals surface area contributed by atoms with E-state index in [1.165, 1.54) is 24.3 Å². The molecule has 2 rings (SSSR count). The van der Waals surface area contributed by atoms with Crippen molar-refractivity contribution >= 4 is 17.6 Å². The number of carbonyl (C=O) groups excluding carboxylic acids is 1. The number of alkyl halides is 3.